The zero-order valence-corrected chi connectivity index (χ0v) is 32.6. The summed E-state index contributed by atoms with van der Waals surface area (Å²) in [7, 11) is 0. The minimum atomic E-state index is -0.540. The van der Waals surface area contributed by atoms with Gasteiger partial charge in [-0.15, -0.1) is 0 Å². The lowest BCUT2D eigenvalue weighted by molar-refractivity contribution is 0.752. The Kier molecular flexibility index (Phi) is 7.72. The van der Waals surface area contributed by atoms with E-state index in [4.69, 9.17) is 15.0 Å². The third kappa shape index (κ3) is 5.07. The number of hydrogen-bond donors (Lipinski definition) is 0. The lowest BCUT2D eigenvalue weighted by Crippen LogP contribution is -2.36. The first-order valence-corrected chi connectivity index (χ1v) is 20.5. The first-order chi connectivity index (χ1) is 29.8. The minimum Gasteiger partial charge on any atom is -0.310 e. The second kappa shape index (κ2) is 13.6. The summed E-state index contributed by atoms with van der Waals surface area (Å²) in [6, 6.07) is 78.0. The maximum absolute atomic E-state index is 5.36. The van der Waals surface area contributed by atoms with E-state index in [0.717, 1.165) is 44.5 Å². The molecule has 280 valence electrons. The van der Waals surface area contributed by atoms with Crippen molar-refractivity contribution in [2.75, 3.05) is 4.90 Å². The van der Waals surface area contributed by atoms with E-state index in [1.807, 2.05) is 18.2 Å². The second-order valence-electron chi connectivity index (χ2n) is 15.5. The summed E-state index contributed by atoms with van der Waals surface area (Å²) in [6.45, 7) is 0. The van der Waals surface area contributed by atoms with Gasteiger partial charge in [0.1, 0.15) is 0 Å². The predicted octanol–water partition coefficient (Wildman–Crippen LogP) is 13.8. The molecule has 0 bridgehead atoms. The number of aromatic nitrogens is 3. The van der Waals surface area contributed by atoms with Crippen LogP contribution in [0.2, 0.25) is 0 Å². The Morgan fingerprint density at radius 2 is 0.783 bits per heavy atom. The van der Waals surface area contributed by atoms with E-state index >= 15 is 0 Å². The summed E-state index contributed by atoms with van der Waals surface area (Å²) < 4.78 is 0. The SMILES string of the molecule is c1ccc(-c2nc(-c3ccc4c(c3)N(c3ccccc3)c3ccccc3C43c4ccccc4-c4ccccc43)nc(-c3ccc(-c4ccccc4)c4ccccc34)n2)cc1. The molecule has 4 heteroatoms. The molecule has 0 amide bonds. The molecule has 60 heavy (non-hydrogen) atoms. The molecule has 0 atom stereocenters. The van der Waals surface area contributed by atoms with Crippen molar-refractivity contribution in [3.8, 4) is 56.4 Å². The molecule has 0 saturated carbocycles. The van der Waals surface area contributed by atoms with E-state index in [9.17, 15) is 0 Å². The molecule has 2 heterocycles. The number of rotatable bonds is 5. The molecule has 9 aromatic carbocycles. The fourth-order valence-corrected chi connectivity index (χ4v) is 9.81. The number of anilines is 3. The van der Waals surface area contributed by atoms with Crippen molar-refractivity contribution in [2.45, 2.75) is 5.41 Å². The maximum atomic E-state index is 5.36. The van der Waals surface area contributed by atoms with Crippen LogP contribution in [0.5, 0.6) is 0 Å². The third-order valence-electron chi connectivity index (χ3n) is 12.3. The molecule has 0 radical (unpaired) electrons. The summed E-state index contributed by atoms with van der Waals surface area (Å²) in [5.41, 5.74) is 15.5. The predicted molar refractivity (Wildman–Crippen MR) is 245 cm³/mol. The van der Waals surface area contributed by atoms with Crippen LogP contribution in [-0.4, -0.2) is 15.0 Å². The van der Waals surface area contributed by atoms with Crippen LogP contribution in [0, 0.1) is 0 Å². The van der Waals surface area contributed by atoms with Gasteiger partial charge in [-0.25, -0.2) is 15.0 Å². The molecule has 1 aromatic heterocycles. The summed E-state index contributed by atoms with van der Waals surface area (Å²) in [4.78, 5) is 18.2. The summed E-state index contributed by atoms with van der Waals surface area (Å²) in [6.07, 6.45) is 0. The molecule has 0 unspecified atom stereocenters. The quantitative estimate of drug-likeness (QED) is 0.175. The van der Waals surface area contributed by atoms with Crippen molar-refractivity contribution in [3.63, 3.8) is 0 Å². The maximum Gasteiger partial charge on any atom is 0.164 e. The molecular weight excluding hydrogens is 729 g/mol. The molecular formula is C56H36N4. The molecule has 4 nitrogen and oxygen atoms in total. The molecule has 12 rings (SSSR count). The van der Waals surface area contributed by atoms with Gasteiger partial charge in [0.15, 0.2) is 17.5 Å². The molecule has 0 fully saturated rings. The van der Waals surface area contributed by atoms with E-state index in [-0.39, 0.29) is 0 Å². The average molecular weight is 765 g/mol. The van der Waals surface area contributed by atoms with Gasteiger partial charge in [-0.2, -0.15) is 0 Å². The van der Waals surface area contributed by atoms with Gasteiger partial charge in [-0.1, -0.05) is 188 Å². The second-order valence-corrected chi connectivity index (χ2v) is 15.5. The van der Waals surface area contributed by atoms with E-state index in [0.29, 0.717) is 17.5 Å². The van der Waals surface area contributed by atoms with Crippen LogP contribution in [0.3, 0.4) is 0 Å². The summed E-state index contributed by atoms with van der Waals surface area (Å²) in [5, 5.41) is 2.24. The van der Waals surface area contributed by atoms with E-state index in [2.05, 4.69) is 205 Å². The van der Waals surface area contributed by atoms with E-state index in [1.54, 1.807) is 0 Å². The Labute approximate surface area is 348 Å². The highest BCUT2D eigenvalue weighted by Gasteiger charge is 2.51. The van der Waals surface area contributed by atoms with Crippen LogP contribution in [0.25, 0.3) is 67.2 Å². The van der Waals surface area contributed by atoms with Gasteiger partial charge in [0.25, 0.3) is 0 Å². The van der Waals surface area contributed by atoms with Crippen LogP contribution in [-0.2, 0) is 5.41 Å². The first-order valence-electron chi connectivity index (χ1n) is 20.5. The number of fused-ring (bicyclic) bond motifs is 10. The average Bonchev–Trinajstić information content (AvgIpc) is 3.62. The molecule has 1 spiro atoms. The van der Waals surface area contributed by atoms with Crippen molar-refractivity contribution in [2.24, 2.45) is 0 Å². The Morgan fingerprint density at radius 3 is 1.47 bits per heavy atom. The van der Waals surface area contributed by atoms with Crippen molar-refractivity contribution in [3.05, 3.63) is 241 Å². The zero-order chi connectivity index (χ0) is 39.6. The molecule has 1 aliphatic heterocycles. The fraction of sp³-hybridized carbons (Fsp3) is 0.0179. The number of hydrogen-bond acceptors (Lipinski definition) is 4. The minimum absolute atomic E-state index is 0.540. The van der Waals surface area contributed by atoms with Crippen molar-refractivity contribution in [1.29, 1.82) is 0 Å². The highest BCUT2D eigenvalue weighted by Crippen LogP contribution is 2.63. The van der Waals surface area contributed by atoms with Crippen molar-refractivity contribution in [1.82, 2.24) is 15.0 Å². The van der Waals surface area contributed by atoms with Crippen LogP contribution < -0.4 is 4.90 Å². The third-order valence-corrected chi connectivity index (χ3v) is 12.3. The summed E-state index contributed by atoms with van der Waals surface area (Å²) in [5.74, 6) is 1.88. The monoisotopic (exact) mass is 764 g/mol. The normalized spacial score (nSPS) is 13.1. The lowest BCUT2D eigenvalue weighted by atomic mass is 9.64. The highest BCUT2D eigenvalue weighted by molar-refractivity contribution is 6.04. The molecule has 1 aliphatic carbocycles. The van der Waals surface area contributed by atoms with Gasteiger partial charge in [0.2, 0.25) is 0 Å². The van der Waals surface area contributed by atoms with Gasteiger partial charge in [-0.05, 0) is 85.6 Å². The van der Waals surface area contributed by atoms with Crippen molar-refractivity contribution < 1.29 is 0 Å². The van der Waals surface area contributed by atoms with Gasteiger partial charge in [0, 0.05) is 22.4 Å². The Bertz CT molecular complexity index is 3220. The Morgan fingerprint density at radius 1 is 0.300 bits per heavy atom. The summed E-state index contributed by atoms with van der Waals surface area (Å²) >= 11 is 0. The Hall–Kier alpha value is -7.95. The van der Waals surface area contributed by atoms with Gasteiger partial charge in [-0.3, -0.25) is 0 Å². The zero-order valence-electron chi connectivity index (χ0n) is 32.6. The van der Waals surface area contributed by atoms with Crippen LogP contribution in [0.15, 0.2) is 218 Å². The largest absolute Gasteiger partial charge is 0.310 e. The highest BCUT2D eigenvalue weighted by atomic mass is 15.2. The number of para-hydroxylation sites is 2. The van der Waals surface area contributed by atoms with Crippen LogP contribution in [0.1, 0.15) is 22.3 Å². The van der Waals surface area contributed by atoms with Crippen LogP contribution >= 0.6 is 0 Å². The number of nitrogens with zero attached hydrogens (tertiary/aromatic N) is 4. The molecule has 2 aliphatic rings. The van der Waals surface area contributed by atoms with Crippen molar-refractivity contribution >= 4 is 27.8 Å². The lowest BCUT2D eigenvalue weighted by Gasteiger charge is -2.45. The molecule has 10 aromatic rings. The topological polar surface area (TPSA) is 41.9 Å². The van der Waals surface area contributed by atoms with E-state index in [1.165, 1.54) is 44.5 Å². The van der Waals surface area contributed by atoms with Gasteiger partial charge in [0.05, 0.1) is 16.8 Å². The van der Waals surface area contributed by atoms with Gasteiger partial charge >= 0.3 is 0 Å². The smallest absolute Gasteiger partial charge is 0.164 e. The number of benzene rings is 9. The van der Waals surface area contributed by atoms with E-state index < -0.39 is 5.41 Å². The standard InChI is InChI=1S/C56H36N4/c1-4-18-37(19-5-1)41-33-34-46(43-25-11-10-24-42(41)43)55-58-53(38-20-6-2-7-21-38)57-54(59-55)39-32-35-50-52(36-39)60(40-22-8-3-9-23-40)51-31-17-16-30-49(51)56(50)47-28-14-12-26-44(47)45-27-13-15-29-48(45)56/h1-36H. The fourth-order valence-electron chi connectivity index (χ4n) is 9.81. The first kappa shape index (κ1) is 34.1. The molecule has 0 N–H and O–H groups in total. The molecule has 0 saturated heterocycles. The van der Waals surface area contributed by atoms with Gasteiger partial charge < -0.3 is 4.90 Å². The Balaban J connectivity index is 1.12. The van der Waals surface area contributed by atoms with Crippen LogP contribution in [0.4, 0.5) is 17.1 Å².